The van der Waals surface area contributed by atoms with Crippen LogP contribution in [-0.4, -0.2) is 27.7 Å². The second-order valence-corrected chi connectivity index (χ2v) is 5.70. The Hall–Kier alpha value is -1.35. The predicted molar refractivity (Wildman–Crippen MR) is 70.1 cm³/mol. The fourth-order valence-electron chi connectivity index (χ4n) is 1.27. The topological polar surface area (TPSA) is 125 Å². The zero-order valence-corrected chi connectivity index (χ0v) is 11.5. The van der Waals surface area contributed by atoms with Gasteiger partial charge in [-0.15, -0.1) is 0 Å². The van der Waals surface area contributed by atoms with Crippen molar-refractivity contribution in [2.45, 2.75) is 11.4 Å². The molecule has 0 unspecified atom stereocenters. The van der Waals surface area contributed by atoms with Gasteiger partial charge in [0, 0.05) is 18.1 Å². The van der Waals surface area contributed by atoms with E-state index in [4.69, 9.17) is 23.1 Å². The summed E-state index contributed by atoms with van der Waals surface area (Å²) in [5.74, 6) is 0. The highest BCUT2D eigenvalue weighted by atomic mass is 35.5. The lowest BCUT2D eigenvalue weighted by atomic mass is 10.2. The number of hydrogen-bond acceptors (Lipinski definition) is 5. The van der Waals surface area contributed by atoms with Gasteiger partial charge in [0.05, 0.1) is 4.90 Å². The van der Waals surface area contributed by atoms with Crippen molar-refractivity contribution in [3.05, 3.63) is 28.8 Å². The first kappa shape index (κ1) is 15.7. The van der Waals surface area contributed by atoms with Crippen LogP contribution in [0.25, 0.3) is 0 Å². The van der Waals surface area contributed by atoms with Crippen LogP contribution in [0.3, 0.4) is 0 Å². The lowest BCUT2D eigenvalue weighted by molar-refractivity contribution is 0.159. The molecular weight excluding hydrogens is 294 g/mol. The van der Waals surface area contributed by atoms with Gasteiger partial charge >= 0.3 is 6.09 Å². The van der Waals surface area contributed by atoms with Gasteiger partial charge < -0.3 is 16.2 Å². The second-order valence-electron chi connectivity index (χ2n) is 3.52. The number of carbonyl (C=O) groups excluding carboxylic acids is 1. The summed E-state index contributed by atoms with van der Waals surface area (Å²) in [4.78, 5) is 10.3. The molecule has 0 heterocycles. The maximum Gasteiger partial charge on any atom is 0.404 e. The molecule has 0 aliphatic carbocycles. The van der Waals surface area contributed by atoms with Crippen molar-refractivity contribution in [2.75, 3.05) is 13.2 Å². The van der Waals surface area contributed by atoms with Crippen molar-refractivity contribution < 1.29 is 17.9 Å². The fraction of sp³-hybridized carbons (Fsp3) is 0.300. The van der Waals surface area contributed by atoms with Gasteiger partial charge in [-0.1, -0.05) is 17.7 Å². The molecule has 0 aliphatic heterocycles. The molecule has 1 aromatic carbocycles. The van der Waals surface area contributed by atoms with Gasteiger partial charge in [-0.05, 0) is 17.7 Å². The summed E-state index contributed by atoms with van der Waals surface area (Å²) in [6, 6.07) is 4.24. The molecule has 0 bridgehead atoms. The van der Waals surface area contributed by atoms with Crippen LogP contribution in [0.1, 0.15) is 5.56 Å². The molecule has 7 nitrogen and oxygen atoms in total. The second kappa shape index (κ2) is 6.71. The normalized spacial score (nSPS) is 11.3. The minimum absolute atomic E-state index is 0.00813. The van der Waals surface area contributed by atoms with Crippen molar-refractivity contribution >= 4 is 27.7 Å². The molecule has 106 valence electrons. The molecule has 0 atom stereocenters. The molecule has 1 rings (SSSR count). The number of primary amides is 1. The van der Waals surface area contributed by atoms with E-state index in [1.165, 1.54) is 18.2 Å². The summed E-state index contributed by atoms with van der Waals surface area (Å²) in [7, 11) is -3.71. The van der Waals surface area contributed by atoms with Crippen LogP contribution in [0.2, 0.25) is 5.02 Å². The third-order valence-corrected chi connectivity index (χ3v) is 4.00. The Morgan fingerprint density at radius 3 is 2.63 bits per heavy atom. The summed E-state index contributed by atoms with van der Waals surface area (Å²) in [6.07, 6.45) is -0.963. The Morgan fingerprint density at radius 1 is 1.42 bits per heavy atom. The number of nitrogens with one attached hydrogen (secondary N) is 1. The average molecular weight is 308 g/mol. The minimum atomic E-state index is -3.71. The lowest BCUT2D eigenvalue weighted by Gasteiger charge is -2.08. The van der Waals surface area contributed by atoms with Gasteiger partial charge in [-0.25, -0.2) is 17.9 Å². The van der Waals surface area contributed by atoms with Gasteiger partial charge in [-0.2, -0.15) is 0 Å². The average Bonchev–Trinajstić information content (AvgIpc) is 2.34. The van der Waals surface area contributed by atoms with E-state index < -0.39 is 16.1 Å². The molecule has 1 amide bonds. The number of rotatable bonds is 6. The van der Waals surface area contributed by atoms with Crippen LogP contribution in [0, 0.1) is 0 Å². The molecule has 19 heavy (non-hydrogen) atoms. The first-order valence-corrected chi connectivity index (χ1v) is 7.13. The van der Waals surface area contributed by atoms with Crippen LogP contribution in [-0.2, 0) is 21.3 Å². The highest BCUT2D eigenvalue weighted by molar-refractivity contribution is 7.89. The maximum atomic E-state index is 11.9. The number of benzene rings is 1. The fourth-order valence-corrected chi connectivity index (χ4v) is 2.63. The SMILES string of the molecule is NCc1ccc(S(=O)(=O)NCCOC(N)=O)cc1Cl. The molecule has 0 spiro atoms. The highest BCUT2D eigenvalue weighted by Crippen LogP contribution is 2.20. The third-order valence-electron chi connectivity index (χ3n) is 2.19. The third kappa shape index (κ3) is 4.67. The molecular formula is C10H14ClN3O4S. The molecule has 0 radical (unpaired) electrons. The van der Waals surface area contributed by atoms with E-state index >= 15 is 0 Å². The van der Waals surface area contributed by atoms with Crippen molar-refractivity contribution in [2.24, 2.45) is 11.5 Å². The van der Waals surface area contributed by atoms with Crippen LogP contribution in [0.15, 0.2) is 23.1 Å². The number of nitrogens with two attached hydrogens (primary N) is 2. The van der Waals surface area contributed by atoms with Gasteiger partial charge in [-0.3, -0.25) is 0 Å². The zero-order chi connectivity index (χ0) is 14.5. The summed E-state index contributed by atoms with van der Waals surface area (Å²) in [5, 5.41) is 0.277. The van der Waals surface area contributed by atoms with E-state index in [9.17, 15) is 13.2 Å². The monoisotopic (exact) mass is 307 g/mol. The molecule has 0 saturated heterocycles. The number of halogens is 1. The molecule has 0 saturated carbocycles. The van der Waals surface area contributed by atoms with E-state index in [0.717, 1.165) is 0 Å². The van der Waals surface area contributed by atoms with E-state index in [0.29, 0.717) is 5.56 Å². The number of ether oxygens (including phenoxy) is 1. The van der Waals surface area contributed by atoms with Gasteiger partial charge in [0.2, 0.25) is 10.0 Å². The molecule has 0 fully saturated rings. The van der Waals surface area contributed by atoms with Crippen LogP contribution in [0.5, 0.6) is 0 Å². The smallest absolute Gasteiger partial charge is 0.404 e. The van der Waals surface area contributed by atoms with Crippen LogP contribution in [0.4, 0.5) is 4.79 Å². The summed E-state index contributed by atoms with van der Waals surface area (Å²) < 4.78 is 30.4. The number of amides is 1. The van der Waals surface area contributed by atoms with Crippen molar-refractivity contribution in [3.8, 4) is 0 Å². The molecule has 9 heteroatoms. The Labute approximate surface area is 115 Å². The standard InChI is InChI=1S/C10H14ClN3O4S/c11-9-5-8(2-1-7(9)6-12)19(16,17)14-3-4-18-10(13)15/h1-2,5,14H,3-4,6,12H2,(H2,13,15). The van der Waals surface area contributed by atoms with Crippen LogP contribution >= 0.6 is 11.6 Å². The Bertz CT molecular complexity index is 562. The maximum absolute atomic E-state index is 11.9. The number of hydrogen-bond donors (Lipinski definition) is 3. The first-order valence-electron chi connectivity index (χ1n) is 5.27. The summed E-state index contributed by atoms with van der Waals surface area (Å²) in [6.45, 7) is -0.0102. The molecule has 0 aromatic heterocycles. The first-order chi connectivity index (χ1) is 8.86. The van der Waals surface area contributed by atoms with Gasteiger partial charge in [0.25, 0.3) is 0 Å². The van der Waals surface area contributed by atoms with E-state index in [2.05, 4.69) is 9.46 Å². The van der Waals surface area contributed by atoms with E-state index in [1.54, 1.807) is 0 Å². The van der Waals surface area contributed by atoms with Crippen LogP contribution < -0.4 is 16.2 Å². The molecule has 1 aromatic rings. The molecule has 0 aliphatic rings. The Kier molecular flexibility index (Phi) is 5.55. The Morgan fingerprint density at radius 2 is 2.11 bits per heavy atom. The number of sulfonamides is 1. The highest BCUT2D eigenvalue weighted by Gasteiger charge is 2.15. The van der Waals surface area contributed by atoms with Crippen molar-refractivity contribution in [1.29, 1.82) is 0 Å². The zero-order valence-electron chi connectivity index (χ0n) is 9.93. The quantitative estimate of drug-likeness (QED) is 0.646. The lowest BCUT2D eigenvalue weighted by Crippen LogP contribution is -2.29. The van der Waals surface area contributed by atoms with Gasteiger partial charge in [0.15, 0.2) is 0 Å². The van der Waals surface area contributed by atoms with E-state index in [-0.39, 0.29) is 29.6 Å². The Balaban J connectivity index is 2.72. The van der Waals surface area contributed by atoms with Crippen molar-refractivity contribution in [3.63, 3.8) is 0 Å². The van der Waals surface area contributed by atoms with E-state index in [1.807, 2.05) is 0 Å². The number of carbonyl (C=O) groups is 1. The predicted octanol–water partition coefficient (Wildman–Crippen LogP) is 0.172. The summed E-state index contributed by atoms with van der Waals surface area (Å²) in [5.41, 5.74) is 10.8. The minimum Gasteiger partial charge on any atom is -0.448 e. The van der Waals surface area contributed by atoms with Gasteiger partial charge in [0.1, 0.15) is 6.61 Å². The van der Waals surface area contributed by atoms with Crippen molar-refractivity contribution in [1.82, 2.24) is 4.72 Å². The molecule has 5 N–H and O–H groups in total. The summed E-state index contributed by atoms with van der Waals surface area (Å²) >= 11 is 5.88. The largest absolute Gasteiger partial charge is 0.448 e.